The lowest BCUT2D eigenvalue weighted by atomic mass is 9.59. The molecule has 1 aliphatic carbocycles. The summed E-state index contributed by atoms with van der Waals surface area (Å²) in [5, 5.41) is 11.0. The minimum absolute atomic E-state index is 0.0435. The van der Waals surface area contributed by atoms with Crippen LogP contribution in [0.3, 0.4) is 0 Å². The Bertz CT molecular complexity index is 517. The lowest BCUT2D eigenvalue weighted by Crippen LogP contribution is -2.62. The number of rotatable bonds is 5. The van der Waals surface area contributed by atoms with E-state index < -0.39 is 10.7 Å². The van der Waals surface area contributed by atoms with Crippen molar-refractivity contribution in [1.29, 1.82) is 0 Å². The van der Waals surface area contributed by atoms with Crippen LogP contribution >= 0.6 is 0 Å². The van der Waals surface area contributed by atoms with Crippen molar-refractivity contribution in [3.8, 4) is 5.75 Å². The zero-order chi connectivity index (χ0) is 14.9. The number of benzene rings is 1. The van der Waals surface area contributed by atoms with Gasteiger partial charge in [0.25, 0.3) is 0 Å². The van der Waals surface area contributed by atoms with Gasteiger partial charge in [0, 0.05) is 17.9 Å². The van der Waals surface area contributed by atoms with E-state index in [0.29, 0.717) is 6.42 Å². The fraction of sp³-hybridized carbons (Fsp3) is 0.571. The van der Waals surface area contributed by atoms with Gasteiger partial charge in [-0.2, -0.15) is 0 Å². The van der Waals surface area contributed by atoms with Gasteiger partial charge in [0.05, 0.1) is 11.0 Å². The van der Waals surface area contributed by atoms with Crippen LogP contribution in [-0.2, 0) is 0 Å². The zero-order valence-electron chi connectivity index (χ0n) is 11.6. The molecule has 2 unspecified atom stereocenters. The molecule has 110 valence electrons. The molecule has 2 atom stereocenters. The van der Waals surface area contributed by atoms with E-state index in [1.165, 1.54) is 12.1 Å². The van der Waals surface area contributed by atoms with Gasteiger partial charge in [-0.05, 0) is 25.0 Å². The third kappa shape index (κ3) is 2.24. The SMILES string of the molecule is CCC1(CC)C(N)CC1Oc1ccc(F)cc1[N+](=O)[O-]. The van der Waals surface area contributed by atoms with E-state index in [0.717, 1.165) is 18.9 Å². The zero-order valence-corrected chi connectivity index (χ0v) is 11.6. The summed E-state index contributed by atoms with van der Waals surface area (Å²) in [6.07, 6.45) is 2.21. The number of ether oxygens (including phenoxy) is 1. The molecular formula is C14H19FN2O3. The van der Waals surface area contributed by atoms with Gasteiger partial charge >= 0.3 is 5.69 Å². The van der Waals surface area contributed by atoms with Crippen LogP contribution in [0.1, 0.15) is 33.1 Å². The van der Waals surface area contributed by atoms with Crippen LogP contribution < -0.4 is 10.5 Å². The highest BCUT2D eigenvalue weighted by Crippen LogP contribution is 2.48. The van der Waals surface area contributed by atoms with E-state index in [1.807, 2.05) is 13.8 Å². The van der Waals surface area contributed by atoms with Crippen molar-refractivity contribution in [1.82, 2.24) is 0 Å². The molecule has 1 saturated carbocycles. The summed E-state index contributed by atoms with van der Waals surface area (Å²) in [5.41, 5.74) is 5.58. The van der Waals surface area contributed by atoms with E-state index in [1.54, 1.807) is 0 Å². The van der Waals surface area contributed by atoms with Crippen LogP contribution in [0.15, 0.2) is 18.2 Å². The van der Waals surface area contributed by atoms with Gasteiger partial charge in [-0.3, -0.25) is 10.1 Å². The van der Waals surface area contributed by atoms with E-state index in [2.05, 4.69) is 0 Å². The van der Waals surface area contributed by atoms with Crippen LogP contribution in [0.2, 0.25) is 0 Å². The number of nitrogens with two attached hydrogens (primary N) is 1. The maximum Gasteiger partial charge on any atom is 0.313 e. The Morgan fingerprint density at radius 2 is 2.15 bits per heavy atom. The van der Waals surface area contributed by atoms with Gasteiger partial charge in [0.1, 0.15) is 11.9 Å². The fourth-order valence-corrected chi connectivity index (χ4v) is 3.06. The third-order valence-electron chi connectivity index (χ3n) is 4.55. The average Bonchev–Trinajstić information content (AvgIpc) is 2.41. The molecule has 0 radical (unpaired) electrons. The molecule has 0 amide bonds. The summed E-state index contributed by atoms with van der Waals surface area (Å²) in [4.78, 5) is 10.3. The number of hydrogen-bond acceptors (Lipinski definition) is 4. The molecule has 1 fully saturated rings. The minimum Gasteiger partial charge on any atom is -0.483 e. The largest absolute Gasteiger partial charge is 0.483 e. The van der Waals surface area contributed by atoms with Crippen LogP contribution in [0.4, 0.5) is 10.1 Å². The number of nitrogens with zero attached hydrogens (tertiary/aromatic N) is 1. The highest BCUT2D eigenvalue weighted by atomic mass is 19.1. The predicted molar refractivity (Wildman–Crippen MR) is 73.1 cm³/mol. The molecule has 0 bridgehead atoms. The quantitative estimate of drug-likeness (QED) is 0.665. The van der Waals surface area contributed by atoms with E-state index >= 15 is 0 Å². The third-order valence-corrected chi connectivity index (χ3v) is 4.55. The molecule has 2 rings (SSSR count). The van der Waals surface area contributed by atoms with Gasteiger partial charge in [0.2, 0.25) is 0 Å². The molecular weight excluding hydrogens is 263 g/mol. The molecule has 1 aliphatic rings. The van der Waals surface area contributed by atoms with Crippen molar-refractivity contribution in [2.45, 2.75) is 45.3 Å². The first-order valence-electron chi connectivity index (χ1n) is 6.80. The van der Waals surface area contributed by atoms with Crippen molar-refractivity contribution in [3.63, 3.8) is 0 Å². The predicted octanol–water partition coefficient (Wildman–Crippen LogP) is 3.02. The van der Waals surface area contributed by atoms with Crippen molar-refractivity contribution >= 4 is 5.69 Å². The van der Waals surface area contributed by atoms with E-state index in [4.69, 9.17) is 10.5 Å². The summed E-state index contributed by atoms with van der Waals surface area (Å²) in [7, 11) is 0. The Morgan fingerprint density at radius 3 is 2.65 bits per heavy atom. The Morgan fingerprint density at radius 1 is 1.50 bits per heavy atom. The second kappa shape index (κ2) is 5.36. The molecule has 20 heavy (non-hydrogen) atoms. The Balaban J connectivity index is 2.25. The lowest BCUT2D eigenvalue weighted by Gasteiger charge is -2.53. The standard InChI is InChI=1S/C14H19FN2O3/c1-3-14(4-2)12(16)8-13(14)20-11-6-5-9(15)7-10(11)17(18)19/h5-7,12-13H,3-4,8,16H2,1-2H3. The first kappa shape index (κ1) is 14.7. The van der Waals surface area contributed by atoms with Crippen LogP contribution in [-0.4, -0.2) is 17.1 Å². The van der Waals surface area contributed by atoms with Crippen LogP contribution in [0, 0.1) is 21.3 Å². The maximum absolute atomic E-state index is 13.1. The maximum atomic E-state index is 13.1. The second-order valence-corrected chi connectivity index (χ2v) is 5.26. The topological polar surface area (TPSA) is 78.4 Å². The summed E-state index contributed by atoms with van der Waals surface area (Å²) < 4.78 is 18.9. The minimum atomic E-state index is -0.647. The number of nitro benzene ring substituents is 1. The first-order valence-corrected chi connectivity index (χ1v) is 6.80. The smallest absolute Gasteiger partial charge is 0.313 e. The molecule has 1 aromatic carbocycles. The number of hydrogen-bond donors (Lipinski definition) is 1. The van der Waals surface area contributed by atoms with Crippen LogP contribution in [0.25, 0.3) is 0 Å². The highest BCUT2D eigenvalue weighted by Gasteiger charge is 2.52. The molecule has 0 saturated heterocycles. The van der Waals surface area contributed by atoms with Gasteiger partial charge in [0.15, 0.2) is 5.75 Å². The molecule has 6 heteroatoms. The number of nitro groups is 1. The second-order valence-electron chi connectivity index (χ2n) is 5.26. The molecule has 0 spiro atoms. The number of halogens is 1. The average molecular weight is 282 g/mol. The highest BCUT2D eigenvalue weighted by molar-refractivity contribution is 5.46. The Kier molecular flexibility index (Phi) is 3.94. The molecule has 2 N–H and O–H groups in total. The van der Waals surface area contributed by atoms with E-state index in [-0.39, 0.29) is 29.0 Å². The van der Waals surface area contributed by atoms with E-state index in [9.17, 15) is 14.5 Å². The summed E-state index contributed by atoms with van der Waals surface area (Å²) in [6.45, 7) is 4.08. The van der Waals surface area contributed by atoms with Crippen molar-refractivity contribution in [2.24, 2.45) is 11.1 Å². The summed E-state index contributed by atoms with van der Waals surface area (Å²) in [6, 6.07) is 3.41. The monoisotopic (exact) mass is 282 g/mol. The first-order chi connectivity index (χ1) is 9.44. The van der Waals surface area contributed by atoms with Crippen LogP contribution in [0.5, 0.6) is 5.75 Å². The van der Waals surface area contributed by atoms with Gasteiger partial charge in [-0.1, -0.05) is 13.8 Å². The van der Waals surface area contributed by atoms with Crippen molar-refractivity contribution < 1.29 is 14.1 Å². The molecule has 5 nitrogen and oxygen atoms in total. The van der Waals surface area contributed by atoms with Gasteiger partial charge in [-0.25, -0.2) is 4.39 Å². The Labute approximate surface area is 117 Å². The molecule has 0 heterocycles. The Hall–Kier alpha value is -1.69. The summed E-state index contributed by atoms with van der Waals surface area (Å²) >= 11 is 0. The van der Waals surface area contributed by atoms with Crippen molar-refractivity contribution in [3.05, 3.63) is 34.1 Å². The molecule has 0 aliphatic heterocycles. The molecule has 1 aromatic rings. The normalized spacial score (nSPS) is 24.0. The lowest BCUT2D eigenvalue weighted by molar-refractivity contribution is -0.386. The van der Waals surface area contributed by atoms with Crippen molar-refractivity contribution in [2.75, 3.05) is 0 Å². The molecule has 0 aromatic heterocycles. The fourth-order valence-electron chi connectivity index (χ4n) is 3.06. The van der Waals surface area contributed by atoms with Gasteiger partial charge < -0.3 is 10.5 Å². The van der Waals surface area contributed by atoms with Gasteiger partial charge in [-0.15, -0.1) is 0 Å². The summed E-state index contributed by atoms with van der Waals surface area (Å²) in [5.74, 6) is -0.536.